The van der Waals surface area contributed by atoms with Gasteiger partial charge in [-0.15, -0.1) is 0 Å². The Morgan fingerprint density at radius 2 is 1.72 bits per heavy atom. The molecule has 9 nitrogen and oxygen atoms in total. The largest absolute Gasteiger partial charge is 0.459 e. The number of carbonyl (C=O) groups excluding carboxylic acids is 4. The lowest BCUT2D eigenvalue weighted by Gasteiger charge is -2.28. The lowest BCUT2D eigenvalue weighted by atomic mass is 10.0. The molecule has 32 heavy (non-hydrogen) atoms. The molecule has 176 valence electrons. The number of allylic oxidation sites excluding steroid dienone is 1. The summed E-state index contributed by atoms with van der Waals surface area (Å²) < 4.78 is 10.4. The monoisotopic (exact) mass is 447 g/mol. The van der Waals surface area contributed by atoms with Gasteiger partial charge in [-0.1, -0.05) is 50.3 Å². The summed E-state index contributed by atoms with van der Waals surface area (Å²) in [5.74, 6) is -2.29. The van der Waals surface area contributed by atoms with Crippen LogP contribution in [0.2, 0.25) is 0 Å². The third-order valence-electron chi connectivity index (χ3n) is 3.96. The number of amides is 3. The minimum Gasteiger partial charge on any atom is -0.459 e. The van der Waals surface area contributed by atoms with Crippen molar-refractivity contribution in [2.24, 2.45) is 5.92 Å². The number of nitrogens with zero attached hydrogens (tertiary/aromatic N) is 1. The number of benzene rings is 1. The van der Waals surface area contributed by atoms with Gasteiger partial charge >= 0.3 is 12.1 Å². The molecule has 0 saturated carbocycles. The Hall–Kier alpha value is -3.36. The van der Waals surface area contributed by atoms with E-state index >= 15 is 0 Å². The highest BCUT2D eigenvalue weighted by Gasteiger charge is 2.29. The molecule has 3 amide bonds. The molecule has 0 spiro atoms. The maximum atomic E-state index is 12.8. The fourth-order valence-corrected chi connectivity index (χ4v) is 2.54. The van der Waals surface area contributed by atoms with Gasteiger partial charge < -0.3 is 14.8 Å². The van der Waals surface area contributed by atoms with E-state index in [-0.39, 0.29) is 12.5 Å². The number of esters is 1. The molecule has 1 aromatic rings. The van der Waals surface area contributed by atoms with Crippen LogP contribution in [0.3, 0.4) is 0 Å². The highest BCUT2D eigenvalue weighted by atomic mass is 16.6. The molecule has 0 aliphatic carbocycles. The second-order valence-electron chi connectivity index (χ2n) is 8.41. The number of rotatable bonds is 8. The van der Waals surface area contributed by atoms with Crippen LogP contribution in [0, 0.1) is 5.92 Å². The van der Waals surface area contributed by atoms with Crippen molar-refractivity contribution in [2.45, 2.75) is 59.8 Å². The van der Waals surface area contributed by atoms with Crippen LogP contribution < -0.4 is 10.7 Å². The van der Waals surface area contributed by atoms with Gasteiger partial charge in [-0.2, -0.15) is 0 Å². The number of hydrogen-bond donors (Lipinski definition) is 2. The van der Waals surface area contributed by atoms with Gasteiger partial charge in [0.25, 0.3) is 11.8 Å². The average molecular weight is 448 g/mol. The first-order valence-corrected chi connectivity index (χ1v) is 10.4. The topological polar surface area (TPSA) is 114 Å². The van der Waals surface area contributed by atoms with Crippen molar-refractivity contribution in [3.05, 3.63) is 48.0 Å². The Kier molecular flexibility index (Phi) is 10.4. The summed E-state index contributed by atoms with van der Waals surface area (Å²) in [5, 5.41) is 3.36. The van der Waals surface area contributed by atoms with Crippen LogP contribution in [0.25, 0.3) is 0 Å². The predicted octanol–water partition coefficient (Wildman–Crippen LogP) is 2.72. The summed E-state index contributed by atoms with van der Waals surface area (Å²) >= 11 is 0. The summed E-state index contributed by atoms with van der Waals surface area (Å²) in [6.45, 7) is 9.73. The van der Waals surface area contributed by atoms with Crippen molar-refractivity contribution in [3.63, 3.8) is 0 Å². The Morgan fingerprint density at radius 3 is 2.25 bits per heavy atom. The lowest BCUT2D eigenvalue weighted by molar-refractivity contribution is -0.160. The summed E-state index contributed by atoms with van der Waals surface area (Å²) in [5.41, 5.74) is 2.45. The van der Waals surface area contributed by atoms with Crippen LogP contribution in [0.15, 0.2) is 42.5 Å². The van der Waals surface area contributed by atoms with E-state index in [1.54, 1.807) is 53.7 Å². The maximum absolute atomic E-state index is 12.8. The number of nitrogens with one attached hydrogen (secondary N) is 2. The highest BCUT2D eigenvalue weighted by molar-refractivity contribution is 5.93. The molecule has 1 aromatic carbocycles. The Labute approximate surface area is 189 Å². The highest BCUT2D eigenvalue weighted by Crippen LogP contribution is 2.08. The molecule has 0 heterocycles. The van der Waals surface area contributed by atoms with E-state index in [4.69, 9.17) is 9.47 Å². The molecule has 0 fully saturated rings. The van der Waals surface area contributed by atoms with E-state index in [0.717, 1.165) is 10.6 Å². The van der Waals surface area contributed by atoms with Crippen LogP contribution >= 0.6 is 0 Å². The SMILES string of the molecule is C/C=C/C(=O)N(CC(=O)OC(C)(C)C)NC(=O)[C@@H](NC(=O)OCc1ccccc1)C(C)C. The predicted molar refractivity (Wildman–Crippen MR) is 119 cm³/mol. The molecule has 1 rings (SSSR count). The molecule has 0 radical (unpaired) electrons. The molecule has 0 bridgehead atoms. The normalized spacial score (nSPS) is 12.2. The van der Waals surface area contributed by atoms with Crippen molar-refractivity contribution < 1.29 is 28.7 Å². The lowest BCUT2D eigenvalue weighted by Crippen LogP contribution is -2.57. The van der Waals surface area contributed by atoms with E-state index in [1.807, 2.05) is 18.2 Å². The zero-order valence-corrected chi connectivity index (χ0v) is 19.5. The van der Waals surface area contributed by atoms with Crippen molar-refractivity contribution in [1.29, 1.82) is 0 Å². The standard InChI is InChI=1S/C23H33N3O6/c1-7-11-18(27)26(14-19(28)32-23(4,5)6)25-21(29)20(16(2)3)24-22(30)31-15-17-12-9-8-10-13-17/h7-13,16,20H,14-15H2,1-6H3,(H,24,30)(H,25,29)/b11-7+/t20-/m0/s1. The molecule has 0 saturated heterocycles. The quantitative estimate of drug-likeness (QED) is 0.360. The zero-order valence-electron chi connectivity index (χ0n) is 19.5. The molecule has 9 heteroatoms. The van der Waals surface area contributed by atoms with E-state index in [2.05, 4.69) is 10.7 Å². The molecule has 1 atom stereocenters. The minimum atomic E-state index is -1.00. The number of carbonyl (C=O) groups is 4. The molecule has 0 aromatic heterocycles. The molecule has 2 N–H and O–H groups in total. The first kappa shape index (κ1) is 26.7. The Bertz CT molecular complexity index is 815. The summed E-state index contributed by atoms with van der Waals surface area (Å²) in [7, 11) is 0. The molecule has 0 aliphatic rings. The van der Waals surface area contributed by atoms with Gasteiger partial charge in [0.05, 0.1) is 0 Å². The second-order valence-corrected chi connectivity index (χ2v) is 8.41. The molecular weight excluding hydrogens is 414 g/mol. The van der Waals surface area contributed by atoms with Crippen LogP contribution in [-0.2, 0) is 30.5 Å². The molecule has 0 unspecified atom stereocenters. The summed E-state index contributed by atoms with van der Waals surface area (Å²) in [4.78, 5) is 49.6. The van der Waals surface area contributed by atoms with Crippen molar-refractivity contribution in [1.82, 2.24) is 15.8 Å². The van der Waals surface area contributed by atoms with Crippen molar-refractivity contribution >= 4 is 23.9 Å². The third kappa shape index (κ3) is 10.1. The van der Waals surface area contributed by atoms with Crippen LogP contribution in [0.1, 0.15) is 47.1 Å². The summed E-state index contributed by atoms with van der Waals surface area (Å²) in [6.07, 6.45) is 1.91. The minimum absolute atomic E-state index is 0.0453. The van der Waals surface area contributed by atoms with Crippen molar-refractivity contribution in [2.75, 3.05) is 6.54 Å². The first-order valence-electron chi connectivity index (χ1n) is 10.4. The maximum Gasteiger partial charge on any atom is 0.408 e. The third-order valence-corrected chi connectivity index (χ3v) is 3.96. The fraction of sp³-hybridized carbons (Fsp3) is 0.478. The van der Waals surface area contributed by atoms with Gasteiger partial charge in [0.2, 0.25) is 0 Å². The second kappa shape index (κ2) is 12.5. The van der Waals surface area contributed by atoms with Crippen LogP contribution in [-0.4, -0.2) is 47.1 Å². The van der Waals surface area contributed by atoms with E-state index < -0.39 is 42.1 Å². The van der Waals surface area contributed by atoms with Gasteiger partial charge in [0.1, 0.15) is 24.8 Å². The van der Waals surface area contributed by atoms with Crippen molar-refractivity contribution in [3.8, 4) is 0 Å². The van der Waals surface area contributed by atoms with E-state index in [0.29, 0.717) is 0 Å². The Morgan fingerprint density at radius 1 is 1.09 bits per heavy atom. The first-order chi connectivity index (χ1) is 14.9. The van der Waals surface area contributed by atoms with Gasteiger partial charge in [-0.25, -0.2) is 9.80 Å². The fourth-order valence-electron chi connectivity index (χ4n) is 2.54. The number of ether oxygens (including phenoxy) is 2. The number of alkyl carbamates (subject to hydrolysis) is 1. The van der Waals surface area contributed by atoms with Gasteiger partial charge in [0.15, 0.2) is 0 Å². The smallest absolute Gasteiger partial charge is 0.408 e. The molecular formula is C23H33N3O6. The van der Waals surface area contributed by atoms with E-state index in [1.165, 1.54) is 12.2 Å². The summed E-state index contributed by atoms with van der Waals surface area (Å²) in [6, 6.07) is 8.10. The van der Waals surface area contributed by atoms with Gasteiger partial charge in [-0.3, -0.25) is 19.8 Å². The van der Waals surface area contributed by atoms with Crippen LogP contribution in [0.4, 0.5) is 4.79 Å². The van der Waals surface area contributed by atoms with Gasteiger partial charge in [0, 0.05) is 6.08 Å². The van der Waals surface area contributed by atoms with Crippen LogP contribution in [0.5, 0.6) is 0 Å². The van der Waals surface area contributed by atoms with E-state index in [9.17, 15) is 19.2 Å². The van der Waals surface area contributed by atoms with Gasteiger partial charge in [-0.05, 0) is 39.2 Å². The molecule has 0 aliphatic heterocycles. The number of hydrazine groups is 1. The zero-order chi connectivity index (χ0) is 24.3. The average Bonchev–Trinajstić information content (AvgIpc) is 2.69. The number of hydrogen-bond acceptors (Lipinski definition) is 6. The Balaban J connectivity index is 2.82.